The molecule has 0 aliphatic heterocycles. The second kappa shape index (κ2) is 15.0. The zero-order valence-corrected chi connectivity index (χ0v) is 31.5. The average molecular weight is 684 g/mol. The van der Waals surface area contributed by atoms with Crippen molar-refractivity contribution >= 4 is 10.9 Å². The van der Waals surface area contributed by atoms with E-state index in [4.69, 9.17) is 9.47 Å². The van der Waals surface area contributed by atoms with E-state index in [0.717, 1.165) is 51.8 Å². The first-order valence-electron chi connectivity index (χ1n) is 18.6. The molecule has 0 spiro atoms. The molecule has 0 bridgehead atoms. The van der Waals surface area contributed by atoms with E-state index < -0.39 is 0 Å². The summed E-state index contributed by atoms with van der Waals surface area (Å²) in [5.74, 6) is 4.64. The molecule has 1 heterocycles. The fraction of sp³-hybridized carbons (Fsp3) is 0.224. The Bertz CT molecular complexity index is 2290. The number of para-hydroxylation sites is 1. The molecule has 7 aromatic rings. The van der Waals surface area contributed by atoms with Gasteiger partial charge in [0.25, 0.3) is 0 Å². The highest BCUT2D eigenvalue weighted by atomic mass is 16.5. The van der Waals surface area contributed by atoms with E-state index in [0.29, 0.717) is 17.8 Å². The van der Waals surface area contributed by atoms with Crippen LogP contribution in [0.4, 0.5) is 0 Å². The third-order valence-electron chi connectivity index (χ3n) is 10.2. The monoisotopic (exact) mass is 683 g/mol. The van der Waals surface area contributed by atoms with Crippen LogP contribution >= 0.6 is 0 Å². The lowest BCUT2D eigenvalue weighted by Crippen LogP contribution is -1.99. The van der Waals surface area contributed by atoms with Gasteiger partial charge in [0.15, 0.2) is 0 Å². The summed E-state index contributed by atoms with van der Waals surface area (Å²) >= 11 is 0. The minimum absolute atomic E-state index is 0.330. The molecule has 1 atom stereocenters. The number of hydrogen-bond acceptors (Lipinski definition) is 2. The highest BCUT2D eigenvalue weighted by Crippen LogP contribution is 2.38. The summed E-state index contributed by atoms with van der Waals surface area (Å²) in [7, 11) is 0. The minimum atomic E-state index is 0.330. The molecular weight excluding hydrogens is 635 g/mol. The van der Waals surface area contributed by atoms with Gasteiger partial charge in [-0.15, -0.1) is 0 Å². The Balaban J connectivity index is 1.20. The molecule has 0 N–H and O–H groups in total. The lowest BCUT2D eigenvalue weighted by atomic mass is 9.92. The van der Waals surface area contributed by atoms with Gasteiger partial charge in [0.1, 0.15) is 23.0 Å². The van der Waals surface area contributed by atoms with Crippen molar-refractivity contribution in [3.63, 3.8) is 0 Å². The van der Waals surface area contributed by atoms with Crippen LogP contribution in [0.1, 0.15) is 85.8 Å². The maximum Gasteiger partial charge on any atom is 0.135 e. The predicted molar refractivity (Wildman–Crippen MR) is 218 cm³/mol. The van der Waals surface area contributed by atoms with E-state index >= 15 is 0 Å². The highest BCUT2D eigenvalue weighted by molar-refractivity contribution is 5.87. The Morgan fingerprint density at radius 1 is 0.558 bits per heavy atom. The number of ether oxygens (including phenoxy) is 2. The van der Waals surface area contributed by atoms with Gasteiger partial charge in [0.2, 0.25) is 0 Å². The molecule has 0 fully saturated rings. The normalized spacial score (nSPS) is 12.1. The number of aryl methyl sites for hydroxylation is 2. The van der Waals surface area contributed by atoms with Gasteiger partial charge in [-0.05, 0) is 132 Å². The van der Waals surface area contributed by atoms with Gasteiger partial charge < -0.3 is 14.0 Å². The molecule has 0 saturated heterocycles. The van der Waals surface area contributed by atoms with Crippen LogP contribution in [0.3, 0.4) is 0 Å². The third-order valence-corrected chi connectivity index (χ3v) is 10.2. The van der Waals surface area contributed by atoms with Crippen LogP contribution in [0, 0.1) is 13.8 Å². The van der Waals surface area contributed by atoms with Gasteiger partial charge in [-0.2, -0.15) is 0 Å². The van der Waals surface area contributed by atoms with E-state index in [1.165, 1.54) is 38.7 Å². The van der Waals surface area contributed by atoms with E-state index in [-0.39, 0.29) is 0 Å². The highest BCUT2D eigenvalue weighted by Gasteiger charge is 2.17. The fourth-order valence-corrected chi connectivity index (χ4v) is 6.96. The van der Waals surface area contributed by atoms with Gasteiger partial charge in [-0.3, -0.25) is 0 Å². The molecule has 0 saturated carbocycles. The second-order valence-corrected chi connectivity index (χ2v) is 14.9. The van der Waals surface area contributed by atoms with Gasteiger partial charge in [-0.1, -0.05) is 113 Å². The largest absolute Gasteiger partial charge is 0.457 e. The molecule has 0 amide bonds. The molecule has 1 unspecified atom stereocenters. The zero-order chi connectivity index (χ0) is 36.4. The summed E-state index contributed by atoms with van der Waals surface area (Å²) in [6.07, 6.45) is 3.29. The Hall–Kier alpha value is -5.54. The van der Waals surface area contributed by atoms with E-state index in [1.807, 2.05) is 42.5 Å². The van der Waals surface area contributed by atoms with Crippen molar-refractivity contribution in [2.75, 3.05) is 0 Å². The maximum absolute atomic E-state index is 6.47. The first-order chi connectivity index (χ1) is 25.1. The van der Waals surface area contributed by atoms with Crippen LogP contribution in [-0.4, -0.2) is 4.57 Å². The van der Waals surface area contributed by atoms with Crippen molar-refractivity contribution in [1.82, 2.24) is 4.57 Å². The average Bonchev–Trinajstić information content (AvgIpc) is 3.51. The number of fused-ring (bicyclic) bond motifs is 1. The molecule has 6 aromatic carbocycles. The van der Waals surface area contributed by atoms with Crippen molar-refractivity contribution in [1.29, 1.82) is 0 Å². The molecule has 0 radical (unpaired) electrons. The van der Waals surface area contributed by atoms with Crippen molar-refractivity contribution < 1.29 is 9.47 Å². The number of benzene rings is 6. The standard InChI is InChI=1S/C49H49NO2/c1-32(2)38-18-26-49(52-44-22-13-34(5)14-23-44)46(29-38)37-15-20-42(21-16-37)50-31-41(45-24-17-39(33(3)4)30-47(45)50)27-35(6)40-19-25-48(36(7)28-40)51-43-11-9-8-10-12-43/h8-26,28-33,35H,27H2,1-7H3. The zero-order valence-electron chi connectivity index (χ0n) is 31.5. The van der Waals surface area contributed by atoms with Crippen LogP contribution in [0.25, 0.3) is 27.7 Å². The minimum Gasteiger partial charge on any atom is -0.457 e. The summed E-state index contributed by atoms with van der Waals surface area (Å²) in [5.41, 5.74) is 12.3. The first-order valence-corrected chi connectivity index (χ1v) is 18.6. The molecular formula is C49H49NO2. The molecule has 1 aromatic heterocycles. The molecule has 3 nitrogen and oxygen atoms in total. The number of aromatic nitrogens is 1. The van der Waals surface area contributed by atoms with E-state index in [1.54, 1.807) is 0 Å². The lowest BCUT2D eigenvalue weighted by molar-refractivity contribution is 0.478. The van der Waals surface area contributed by atoms with Crippen molar-refractivity contribution in [3.8, 4) is 39.8 Å². The summed E-state index contributed by atoms with van der Waals surface area (Å²) in [5, 5.41) is 1.31. The third kappa shape index (κ3) is 7.55. The summed E-state index contributed by atoms with van der Waals surface area (Å²) in [6.45, 7) is 15.6. The Labute approximate surface area is 309 Å². The number of hydrogen-bond donors (Lipinski definition) is 0. The fourth-order valence-electron chi connectivity index (χ4n) is 6.96. The maximum atomic E-state index is 6.47. The Morgan fingerprint density at radius 2 is 1.17 bits per heavy atom. The Morgan fingerprint density at radius 3 is 1.87 bits per heavy atom. The van der Waals surface area contributed by atoms with Crippen molar-refractivity contribution in [2.45, 2.75) is 72.6 Å². The van der Waals surface area contributed by atoms with Gasteiger partial charge in [0, 0.05) is 22.8 Å². The smallest absolute Gasteiger partial charge is 0.135 e. The predicted octanol–water partition coefficient (Wildman–Crippen LogP) is 14.1. The number of rotatable bonds is 11. The molecule has 7 rings (SSSR count). The molecule has 0 aliphatic carbocycles. The SMILES string of the molecule is Cc1ccc(Oc2ccc(C(C)C)cc2-c2ccc(-n3cc(CC(C)c4ccc(Oc5ccccc5)c(C)c4)c4ccc(C(C)C)cc43)cc2)cc1. The van der Waals surface area contributed by atoms with Crippen molar-refractivity contribution in [2.24, 2.45) is 0 Å². The van der Waals surface area contributed by atoms with Crippen LogP contribution in [0.15, 0.2) is 140 Å². The van der Waals surface area contributed by atoms with E-state index in [9.17, 15) is 0 Å². The van der Waals surface area contributed by atoms with Crippen LogP contribution in [-0.2, 0) is 6.42 Å². The number of nitrogens with zero attached hydrogens (tertiary/aromatic N) is 1. The molecule has 0 aliphatic rings. The van der Waals surface area contributed by atoms with Crippen LogP contribution in [0.2, 0.25) is 0 Å². The lowest BCUT2D eigenvalue weighted by Gasteiger charge is -2.16. The quantitative estimate of drug-likeness (QED) is 0.135. The van der Waals surface area contributed by atoms with Crippen LogP contribution in [0.5, 0.6) is 23.0 Å². The summed E-state index contributed by atoms with van der Waals surface area (Å²) in [4.78, 5) is 0. The van der Waals surface area contributed by atoms with Crippen LogP contribution < -0.4 is 9.47 Å². The topological polar surface area (TPSA) is 23.4 Å². The van der Waals surface area contributed by atoms with E-state index in [2.05, 4.69) is 150 Å². The molecule has 3 heteroatoms. The van der Waals surface area contributed by atoms with Gasteiger partial charge >= 0.3 is 0 Å². The molecule has 262 valence electrons. The summed E-state index contributed by atoms with van der Waals surface area (Å²) in [6, 6.07) is 47.4. The summed E-state index contributed by atoms with van der Waals surface area (Å²) < 4.78 is 15.0. The first kappa shape index (κ1) is 34.9. The molecule has 52 heavy (non-hydrogen) atoms. The second-order valence-electron chi connectivity index (χ2n) is 14.9. The van der Waals surface area contributed by atoms with Gasteiger partial charge in [0.05, 0.1) is 5.52 Å². The Kier molecular flexibility index (Phi) is 10.0. The van der Waals surface area contributed by atoms with Gasteiger partial charge in [-0.25, -0.2) is 0 Å². The van der Waals surface area contributed by atoms with Crippen molar-refractivity contribution in [3.05, 3.63) is 173 Å².